The predicted octanol–water partition coefficient (Wildman–Crippen LogP) is 4.36. The average Bonchev–Trinajstić information content (AvgIpc) is 2.77. The number of para-hydroxylation sites is 2. The third kappa shape index (κ3) is 5.74. The van der Waals surface area contributed by atoms with E-state index in [0.717, 1.165) is 5.69 Å². The second kappa shape index (κ2) is 10.6. The van der Waals surface area contributed by atoms with E-state index in [2.05, 4.69) is 0 Å². The van der Waals surface area contributed by atoms with Crippen molar-refractivity contribution in [2.75, 3.05) is 18.6 Å². The minimum atomic E-state index is -0.406. The van der Waals surface area contributed by atoms with Crippen molar-refractivity contribution in [3.63, 3.8) is 0 Å². The molecule has 0 N–H and O–H groups in total. The van der Waals surface area contributed by atoms with Gasteiger partial charge < -0.3 is 9.64 Å². The van der Waals surface area contributed by atoms with Gasteiger partial charge in [0.05, 0.1) is 22.3 Å². The summed E-state index contributed by atoms with van der Waals surface area (Å²) in [6, 6.07) is 16.8. The molecule has 0 bridgehead atoms. The molecule has 0 radical (unpaired) electrons. The summed E-state index contributed by atoms with van der Waals surface area (Å²) in [5, 5.41) is 0.726. The quantitative estimate of drug-likeness (QED) is 0.282. The molecule has 1 unspecified atom stereocenters. The minimum absolute atomic E-state index is 0.0479. The molecule has 1 amide bonds. The summed E-state index contributed by atoms with van der Waals surface area (Å²) in [7, 11) is 1.76. The molecule has 0 fully saturated rings. The molecular formula is C24H29N3O3S. The lowest BCUT2D eigenvalue weighted by atomic mass is 10.2. The third-order valence-electron chi connectivity index (χ3n) is 4.91. The fourth-order valence-electron chi connectivity index (χ4n) is 3.24. The lowest BCUT2D eigenvalue weighted by Crippen LogP contribution is -2.34. The van der Waals surface area contributed by atoms with Crippen LogP contribution >= 0.6 is 11.8 Å². The number of anilines is 1. The zero-order valence-corrected chi connectivity index (χ0v) is 19.3. The molecular weight excluding hydrogens is 410 g/mol. The topological polar surface area (TPSA) is 64.4 Å². The fraction of sp³-hybridized carbons (Fsp3) is 0.375. The van der Waals surface area contributed by atoms with Crippen LogP contribution in [0.4, 0.5) is 5.69 Å². The van der Waals surface area contributed by atoms with Gasteiger partial charge in [-0.2, -0.15) is 0 Å². The molecule has 1 atom stereocenters. The molecule has 0 aliphatic rings. The predicted molar refractivity (Wildman–Crippen MR) is 127 cm³/mol. The summed E-state index contributed by atoms with van der Waals surface area (Å²) in [5.74, 6) is -0.0479. The highest BCUT2D eigenvalue weighted by molar-refractivity contribution is 8.00. The first-order chi connectivity index (χ1) is 14.9. The monoisotopic (exact) mass is 439 g/mol. The van der Waals surface area contributed by atoms with Crippen molar-refractivity contribution in [3.8, 4) is 0 Å². The highest BCUT2D eigenvalue weighted by Crippen LogP contribution is 2.25. The van der Waals surface area contributed by atoms with Crippen molar-refractivity contribution < 1.29 is 9.53 Å². The van der Waals surface area contributed by atoms with Crippen molar-refractivity contribution in [2.24, 2.45) is 0 Å². The van der Waals surface area contributed by atoms with E-state index in [1.54, 1.807) is 22.6 Å². The molecule has 0 aliphatic carbocycles. The van der Waals surface area contributed by atoms with Crippen LogP contribution in [0, 0.1) is 0 Å². The van der Waals surface area contributed by atoms with Crippen LogP contribution in [-0.2, 0) is 16.1 Å². The Kier molecular flexibility index (Phi) is 7.87. The first kappa shape index (κ1) is 23.0. The molecule has 6 nitrogen and oxygen atoms in total. The summed E-state index contributed by atoms with van der Waals surface area (Å²) in [4.78, 5) is 32.5. The zero-order chi connectivity index (χ0) is 22.4. The van der Waals surface area contributed by atoms with Crippen LogP contribution in [0.2, 0.25) is 0 Å². The Labute approximate surface area is 187 Å². The van der Waals surface area contributed by atoms with Gasteiger partial charge in [-0.1, -0.05) is 42.1 Å². The number of amides is 1. The van der Waals surface area contributed by atoms with Gasteiger partial charge in [0.1, 0.15) is 0 Å². The average molecular weight is 440 g/mol. The van der Waals surface area contributed by atoms with Crippen molar-refractivity contribution in [1.82, 2.24) is 9.55 Å². The van der Waals surface area contributed by atoms with E-state index in [1.165, 1.54) is 11.8 Å². The number of carbonyl (C=O) groups is 1. The van der Waals surface area contributed by atoms with Gasteiger partial charge in [-0.05, 0) is 51.5 Å². The molecule has 3 rings (SSSR count). The van der Waals surface area contributed by atoms with Crippen molar-refractivity contribution in [1.29, 1.82) is 0 Å². The van der Waals surface area contributed by atoms with Gasteiger partial charge in [0.2, 0.25) is 5.91 Å². The normalized spacial score (nSPS) is 12.3. The first-order valence-corrected chi connectivity index (χ1v) is 11.4. The maximum atomic E-state index is 13.2. The van der Waals surface area contributed by atoms with Gasteiger partial charge in [-0.3, -0.25) is 14.2 Å². The molecule has 164 valence electrons. The summed E-state index contributed by atoms with van der Waals surface area (Å²) in [6.07, 6.45) is 0.837. The molecule has 2 aromatic carbocycles. The fourth-order valence-corrected chi connectivity index (χ4v) is 4.26. The zero-order valence-electron chi connectivity index (χ0n) is 18.4. The number of benzene rings is 2. The maximum absolute atomic E-state index is 13.2. The number of rotatable bonds is 9. The van der Waals surface area contributed by atoms with Crippen LogP contribution in [-0.4, -0.2) is 40.5 Å². The van der Waals surface area contributed by atoms with Gasteiger partial charge in [-0.25, -0.2) is 4.98 Å². The standard InChI is InChI=1S/C24H29N3O3S/c1-17(2)30-16-10-15-27-23(29)20-13-8-9-14-21(20)25-24(27)31-18(3)22(28)26(4)19-11-6-5-7-12-19/h5-9,11-14,17-18H,10,15-16H2,1-4H3. The van der Waals surface area contributed by atoms with Gasteiger partial charge in [0.15, 0.2) is 5.16 Å². The first-order valence-electron chi connectivity index (χ1n) is 10.5. The van der Waals surface area contributed by atoms with Gasteiger partial charge in [0.25, 0.3) is 5.56 Å². The van der Waals surface area contributed by atoms with Gasteiger partial charge >= 0.3 is 0 Å². The molecule has 0 saturated heterocycles. The van der Waals surface area contributed by atoms with E-state index in [-0.39, 0.29) is 17.6 Å². The van der Waals surface area contributed by atoms with Crippen molar-refractivity contribution in [3.05, 3.63) is 65.0 Å². The Morgan fingerprint density at radius 3 is 2.48 bits per heavy atom. The molecule has 0 aliphatic heterocycles. The number of ether oxygens (including phenoxy) is 1. The molecule has 0 spiro atoms. The lowest BCUT2D eigenvalue weighted by molar-refractivity contribution is -0.117. The number of thioether (sulfide) groups is 1. The second-order valence-electron chi connectivity index (χ2n) is 7.63. The number of hydrogen-bond donors (Lipinski definition) is 0. The Balaban J connectivity index is 1.86. The minimum Gasteiger partial charge on any atom is -0.379 e. The van der Waals surface area contributed by atoms with Crippen LogP contribution < -0.4 is 10.5 Å². The number of nitrogens with zero attached hydrogens (tertiary/aromatic N) is 3. The summed E-state index contributed by atoms with van der Waals surface area (Å²) in [5.41, 5.74) is 1.38. The number of aromatic nitrogens is 2. The highest BCUT2D eigenvalue weighted by Gasteiger charge is 2.23. The summed E-state index contributed by atoms with van der Waals surface area (Å²) >= 11 is 1.31. The van der Waals surface area contributed by atoms with E-state index >= 15 is 0 Å². The van der Waals surface area contributed by atoms with Crippen LogP contribution in [0.3, 0.4) is 0 Å². The molecule has 0 saturated carbocycles. The Hall–Kier alpha value is -2.64. The molecule has 31 heavy (non-hydrogen) atoms. The van der Waals surface area contributed by atoms with E-state index in [4.69, 9.17) is 9.72 Å². The number of hydrogen-bond acceptors (Lipinski definition) is 5. The van der Waals surface area contributed by atoms with E-state index < -0.39 is 5.25 Å². The number of carbonyl (C=O) groups excluding carboxylic acids is 1. The van der Waals surface area contributed by atoms with E-state index in [0.29, 0.717) is 35.6 Å². The van der Waals surface area contributed by atoms with Crippen LogP contribution in [0.1, 0.15) is 27.2 Å². The largest absolute Gasteiger partial charge is 0.379 e. The summed E-state index contributed by atoms with van der Waals surface area (Å²) in [6.45, 7) is 6.87. The second-order valence-corrected chi connectivity index (χ2v) is 8.94. The van der Waals surface area contributed by atoms with Crippen LogP contribution in [0.15, 0.2) is 64.5 Å². The molecule has 1 aromatic heterocycles. The maximum Gasteiger partial charge on any atom is 0.262 e. The highest BCUT2D eigenvalue weighted by atomic mass is 32.2. The summed E-state index contributed by atoms with van der Waals surface area (Å²) < 4.78 is 7.30. The Bertz CT molecular complexity index is 1080. The smallest absolute Gasteiger partial charge is 0.262 e. The molecule has 7 heteroatoms. The molecule has 3 aromatic rings. The lowest BCUT2D eigenvalue weighted by Gasteiger charge is -2.22. The van der Waals surface area contributed by atoms with Crippen LogP contribution in [0.5, 0.6) is 0 Å². The Morgan fingerprint density at radius 1 is 1.10 bits per heavy atom. The van der Waals surface area contributed by atoms with E-state index in [1.807, 2.05) is 69.3 Å². The van der Waals surface area contributed by atoms with Gasteiger partial charge in [-0.15, -0.1) is 0 Å². The van der Waals surface area contributed by atoms with Crippen molar-refractivity contribution in [2.45, 2.75) is 50.2 Å². The van der Waals surface area contributed by atoms with E-state index in [9.17, 15) is 9.59 Å². The molecule has 1 heterocycles. The van der Waals surface area contributed by atoms with Crippen molar-refractivity contribution >= 4 is 34.3 Å². The number of fused-ring (bicyclic) bond motifs is 1. The van der Waals surface area contributed by atoms with Gasteiger partial charge in [0, 0.05) is 25.9 Å². The SMILES string of the molecule is CC(C)OCCCn1c(SC(C)C(=O)N(C)c2ccccc2)nc2ccccc2c1=O. The van der Waals surface area contributed by atoms with Crippen LogP contribution in [0.25, 0.3) is 10.9 Å². The Morgan fingerprint density at radius 2 is 1.77 bits per heavy atom. The third-order valence-corrected chi connectivity index (χ3v) is 5.99.